The van der Waals surface area contributed by atoms with Crippen molar-refractivity contribution >= 4 is 34.3 Å². The Morgan fingerprint density at radius 3 is 3.00 bits per heavy atom. The second-order valence-electron chi connectivity index (χ2n) is 4.45. The quantitative estimate of drug-likeness (QED) is 0.836. The fourth-order valence-corrected chi connectivity index (χ4v) is 3.01. The molecule has 0 aliphatic rings. The fourth-order valence-electron chi connectivity index (χ4n) is 2.08. The zero-order chi connectivity index (χ0) is 13.0. The average molecular weight is 283 g/mol. The molecule has 2 aromatic rings. The lowest BCUT2D eigenvalue weighted by molar-refractivity contribution is 0.542. The van der Waals surface area contributed by atoms with E-state index in [4.69, 9.17) is 11.6 Å². The van der Waals surface area contributed by atoms with Gasteiger partial charge in [0, 0.05) is 40.5 Å². The summed E-state index contributed by atoms with van der Waals surface area (Å²) in [5.74, 6) is 1.16. The zero-order valence-electron chi connectivity index (χ0n) is 10.8. The summed E-state index contributed by atoms with van der Waals surface area (Å²) in [6.45, 7) is 3.13. The van der Waals surface area contributed by atoms with E-state index >= 15 is 0 Å². The number of benzene rings is 1. The van der Waals surface area contributed by atoms with Gasteiger partial charge in [-0.1, -0.05) is 24.6 Å². The Hall–Kier alpha value is -0.640. The molecule has 1 aromatic carbocycles. The van der Waals surface area contributed by atoms with Gasteiger partial charge in [0.05, 0.1) is 0 Å². The molecule has 2 N–H and O–H groups in total. The number of hydrogen-bond acceptors (Lipinski definition) is 2. The molecule has 0 bridgehead atoms. The summed E-state index contributed by atoms with van der Waals surface area (Å²) in [5.41, 5.74) is 2.42. The molecule has 0 spiro atoms. The largest absolute Gasteiger partial charge is 0.361 e. The van der Waals surface area contributed by atoms with E-state index in [1.165, 1.54) is 10.9 Å². The maximum absolute atomic E-state index is 5.98. The molecule has 0 saturated heterocycles. The van der Waals surface area contributed by atoms with E-state index in [2.05, 4.69) is 35.7 Å². The predicted octanol–water partition coefficient (Wildman–Crippen LogP) is 4.05. The third-order valence-electron chi connectivity index (χ3n) is 3.17. The Kier molecular flexibility index (Phi) is 4.98. The number of H-pyrrole nitrogens is 1. The van der Waals surface area contributed by atoms with Crippen LogP contribution in [0.4, 0.5) is 0 Å². The first kappa shape index (κ1) is 13.8. The second kappa shape index (κ2) is 6.50. The number of aromatic amines is 1. The molecular weight excluding hydrogens is 264 g/mol. The van der Waals surface area contributed by atoms with Crippen LogP contribution in [0, 0.1) is 0 Å². The monoisotopic (exact) mass is 282 g/mol. The van der Waals surface area contributed by atoms with Crippen LogP contribution in [0.1, 0.15) is 18.9 Å². The topological polar surface area (TPSA) is 27.8 Å². The smallest absolute Gasteiger partial charge is 0.0472 e. The van der Waals surface area contributed by atoms with Gasteiger partial charge >= 0.3 is 0 Å². The molecule has 1 aromatic heterocycles. The summed E-state index contributed by atoms with van der Waals surface area (Å²) in [5, 5.41) is 5.64. The minimum Gasteiger partial charge on any atom is -0.361 e. The highest BCUT2D eigenvalue weighted by atomic mass is 35.5. The molecular formula is C14H19ClN2S. The van der Waals surface area contributed by atoms with E-state index in [1.54, 1.807) is 0 Å². The van der Waals surface area contributed by atoms with Gasteiger partial charge in [0.1, 0.15) is 0 Å². The van der Waals surface area contributed by atoms with Crippen LogP contribution in [-0.2, 0) is 6.54 Å². The number of halogens is 1. The standard InChI is InChI=1S/C14H19ClN2S/c1-3-12(9-18-2)16-7-10-8-17-14-6-11(15)4-5-13(10)14/h4-6,8,12,16-17H,3,7,9H2,1-2H3. The van der Waals surface area contributed by atoms with Crippen molar-refractivity contribution in [2.75, 3.05) is 12.0 Å². The summed E-state index contributed by atoms with van der Waals surface area (Å²) in [6.07, 6.45) is 5.38. The molecule has 1 atom stereocenters. The molecule has 0 aliphatic heterocycles. The molecule has 98 valence electrons. The third-order valence-corrected chi connectivity index (χ3v) is 4.14. The first-order chi connectivity index (χ1) is 8.74. The highest BCUT2D eigenvalue weighted by Gasteiger charge is 2.07. The number of aromatic nitrogens is 1. The van der Waals surface area contributed by atoms with Crippen molar-refractivity contribution in [1.82, 2.24) is 10.3 Å². The van der Waals surface area contributed by atoms with Crippen molar-refractivity contribution in [1.29, 1.82) is 0 Å². The van der Waals surface area contributed by atoms with E-state index in [0.717, 1.165) is 29.3 Å². The van der Waals surface area contributed by atoms with Gasteiger partial charge in [0.15, 0.2) is 0 Å². The Bertz CT molecular complexity index is 509. The Morgan fingerprint density at radius 1 is 1.44 bits per heavy atom. The Labute approximate surface area is 117 Å². The lowest BCUT2D eigenvalue weighted by atomic mass is 10.1. The average Bonchev–Trinajstić information content (AvgIpc) is 2.76. The summed E-state index contributed by atoms with van der Waals surface area (Å²) < 4.78 is 0. The van der Waals surface area contributed by atoms with Gasteiger partial charge < -0.3 is 10.3 Å². The highest BCUT2D eigenvalue weighted by Crippen LogP contribution is 2.22. The molecule has 2 rings (SSSR count). The molecule has 2 nitrogen and oxygen atoms in total. The first-order valence-electron chi connectivity index (χ1n) is 6.22. The summed E-state index contributed by atoms with van der Waals surface area (Å²) in [7, 11) is 0. The minimum atomic E-state index is 0.581. The van der Waals surface area contributed by atoms with Gasteiger partial charge in [-0.05, 0) is 30.4 Å². The molecule has 0 fully saturated rings. The van der Waals surface area contributed by atoms with Gasteiger partial charge in [-0.2, -0.15) is 11.8 Å². The lowest BCUT2D eigenvalue weighted by Crippen LogP contribution is -2.29. The van der Waals surface area contributed by atoms with Crippen LogP contribution in [0.5, 0.6) is 0 Å². The highest BCUT2D eigenvalue weighted by molar-refractivity contribution is 7.98. The van der Waals surface area contributed by atoms with Gasteiger partial charge in [0.25, 0.3) is 0 Å². The predicted molar refractivity (Wildman–Crippen MR) is 82.6 cm³/mol. The Balaban J connectivity index is 2.07. The number of nitrogens with one attached hydrogen (secondary N) is 2. The second-order valence-corrected chi connectivity index (χ2v) is 5.79. The van der Waals surface area contributed by atoms with Crippen molar-refractivity contribution in [3.05, 3.63) is 35.0 Å². The molecule has 4 heteroatoms. The van der Waals surface area contributed by atoms with E-state index in [-0.39, 0.29) is 0 Å². The van der Waals surface area contributed by atoms with Crippen LogP contribution in [-0.4, -0.2) is 23.0 Å². The number of hydrogen-bond donors (Lipinski definition) is 2. The maximum Gasteiger partial charge on any atom is 0.0472 e. The zero-order valence-corrected chi connectivity index (χ0v) is 12.4. The van der Waals surface area contributed by atoms with E-state index < -0.39 is 0 Å². The molecule has 1 heterocycles. The van der Waals surface area contributed by atoms with Crippen molar-refractivity contribution < 1.29 is 0 Å². The summed E-state index contributed by atoms with van der Waals surface area (Å²) in [6, 6.07) is 6.58. The van der Waals surface area contributed by atoms with Gasteiger partial charge in [-0.3, -0.25) is 0 Å². The normalized spacial score (nSPS) is 13.1. The van der Waals surface area contributed by atoms with Gasteiger partial charge in [-0.15, -0.1) is 0 Å². The van der Waals surface area contributed by atoms with Crippen LogP contribution in [0.15, 0.2) is 24.4 Å². The van der Waals surface area contributed by atoms with Crippen molar-refractivity contribution in [2.45, 2.75) is 25.9 Å². The Morgan fingerprint density at radius 2 is 2.28 bits per heavy atom. The fraction of sp³-hybridized carbons (Fsp3) is 0.429. The molecule has 0 aliphatic carbocycles. The molecule has 0 radical (unpaired) electrons. The number of fused-ring (bicyclic) bond motifs is 1. The molecule has 0 saturated carbocycles. The van der Waals surface area contributed by atoms with Crippen LogP contribution in [0.3, 0.4) is 0 Å². The number of rotatable bonds is 6. The maximum atomic E-state index is 5.98. The SMILES string of the molecule is CCC(CSC)NCc1c[nH]c2cc(Cl)ccc12. The number of thioether (sulfide) groups is 1. The van der Waals surface area contributed by atoms with Crippen molar-refractivity contribution in [3.8, 4) is 0 Å². The van der Waals surface area contributed by atoms with Crippen LogP contribution in [0.2, 0.25) is 5.02 Å². The summed E-state index contributed by atoms with van der Waals surface area (Å²) in [4.78, 5) is 3.27. The van der Waals surface area contributed by atoms with E-state index in [0.29, 0.717) is 6.04 Å². The third kappa shape index (κ3) is 3.22. The lowest BCUT2D eigenvalue weighted by Gasteiger charge is -2.15. The van der Waals surface area contributed by atoms with Gasteiger partial charge in [0.2, 0.25) is 0 Å². The van der Waals surface area contributed by atoms with Crippen LogP contribution in [0.25, 0.3) is 10.9 Å². The van der Waals surface area contributed by atoms with E-state index in [9.17, 15) is 0 Å². The first-order valence-corrected chi connectivity index (χ1v) is 7.99. The van der Waals surface area contributed by atoms with Crippen molar-refractivity contribution in [3.63, 3.8) is 0 Å². The summed E-state index contributed by atoms with van der Waals surface area (Å²) >= 11 is 7.87. The molecule has 0 amide bonds. The molecule has 1 unspecified atom stereocenters. The minimum absolute atomic E-state index is 0.581. The van der Waals surface area contributed by atoms with Gasteiger partial charge in [-0.25, -0.2) is 0 Å². The van der Waals surface area contributed by atoms with Crippen LogP contribution < -0.4 is 5.32 Å². The molecule has 18 heavy (non-hydrogen) atoms. The van der Waals surface area contributed by atoms with Crippen molar-refractivity contribution in [2.24, 2.45) is 0 Å². The van der Waals surface area contributed by atoms with E-state index in [1.807, 2.05) is 23.9 Å². The van der Waals surface area contributed by atoms with Crippen LogP contribution >= 0.6 is 23.4 Å².